The molecule has 7 nitrogen and oxygen atoms in total. The van der Waals surface area contributed by atoms with Crippen molar-refractivity contribution in [2.24, 2.45) is 0 Å². The molecule has 0 bridgehead atoms. The Balaban J connectivity index is 1.36. The Kier molecular flexibility index (Phi) is 5.22. The van der Waals surface area contributed by atoms with Crippen molar-refractivity contribution in [3.8, 4) is 5.75 Å². The lowest BCUT2D eigenvalue weighted by molar-refractivity contribution is 0.0713. The largest absolute Gasteiger partial charge is 0.489 e. The van der Waals surface area contributed by atoms with Crippen LogP contribution in [0.1, 0.15) is 16.1 Å². The van der Waals surface area contributed by atoms with Gasteiger partial charge in [-0.05, 0) is 24.3 Å². The van der Waals surface area contributed by atoms with Crippen molar-refractivity contribution in [2.45, 2.75) is 6.61 Å². The van der Waals surface area contributed by atoms with Crippen molar-refractivity contribution in [3.05, 3.63) is 84.4 Å². The maximum Gasteiger partial charge on any atom is 0.290 e. The minimum Gasteiger partial charge on any atom is -0.489 e. The minimum absolute atomic E-state index is 0.114. The summed E-state index contributed by atoms with van der Waals surface area (Å²) in [5.74, 6) is 1.68. The lowest BCUT2D eigenvalue weighted by atomic mass is 10.1. The highest BCUT2D eigenvalue weighted by Gasteiger charge is 2.28. The summed E-state index contributed by atoms with van der Waals surface area (Å²) in [6.07, 6.45) is 3.46. The summed E-state index contributed by atoms with van der Waals surface area (Å²) in [5.41, 5.74) is 1.46. The summed E-state index contributed by atoms with van der Waals surface area (Å²) in [4.78, 5) is 25.9. The second kappa shape index (κ2) is 8.47. The van der Waals surface area contributed by atoms with Gasteiger partial charge in [0.05, 0.1) is 0 Å². The van der Waals surface area contributed by atoms with E-state index in [0.717, 1.165) is 16.7 Å². The van der Waals surface area contributed by atoms with E-state index in [1.165, 1.54) is 0 Å². The molecule has 2 aromatic heterocycles. The smallest absolute Gasteiger partial charge is 0.290 e. The number of anilines is 1. The fourth-order valence-corrected chi connectivity index (χ4v) is 3.79. The standard InChI is InChI=1S/C24H22N4O3/c29-23(27-13-15-28(16-14-27)24-25-11-6-12-26-24)22-20(17-30-18-7-2-1-3-8-18)19-9-4-5-10-21(19)31-22/h1-12H,13-17H2. The number of rotatable bonds is 5. The fourth-order valence-electron chi connectivity index (χ4n) is 3.79. The number of hydrogen-bond donors (Lipinski definition) is 0. The molecule has 0 unspecified atom stereocenters. The van der Waals surface area contributed by atoms with Gasteiger partial charge in [0.15, 0.2) is 5.76 Å². The van der Waals surface area contributed by atoms with Crippen molar-refractivity contribution in [2.75, 3.05) is 31.1 Å². The van der Waals surface area contributed by atoms with E-state index >= 15 is 0 Å². The minimum atomic E-state index is -0.114. The van der Waals surface area contributed by atoms with E-state index in [2.05, 4.69) is 14.9 Å². The van der Waals surface area contributed by atoms with Gasteiger partial charge in [-0.3, -0.25) is 4.79 Å². The van der Waals surface area contributed by atoms with Crippen LogP contribution < -0.4 is 9.64 Å². The number of para-hydroxylation sites is 2. The maximum atomic E-state index is 13.4. The Morgan fingerprint density at radius 3 is 2.39 bits per heavy atom. The first kappa shape index (κ1) is 19.1. The third kappa shape index (κ3) is 3.94. The van der Waals surface area contributed by atoms with Gasteiger partial charge in [0, 0.05) is 49.5 Å². The zero-order chi connectivity index (χ0) is 21.0. The molecular formula is C24H22N4O3. The third-order valence-electron chi connectivity index (χ3n) is 5.42. The van der Waals surface area contributed by atoms with Gasteiger partial charge >= 0.3 is 0 Å². The molecule has 0 atom stereocenters. The summed E-state index contributed by atoms with van der Waals surface area (Å²) in [7, 11) is 0. The van der Waals surface area contributed by atoms with Crippen LogP contribution in [0.5, 0.6) is 5.75 Å². The zero-order valence-electron chi connectivity index (χ0n) is 17.0. The van der Waals surface area contributed by atoms with E-state index in [9.17, 15) is 4.79 Å². The number of hydrogen-bond acceptors (Lipinski definition) is 6. The van der Waals surface area contributed by atoms with Crippen LogP contribution in [-0.2, 0) is 6.61 Å². The summed E-state index contributed by atoms with van der Waals surface area (Å²) in [5, 5.41) is 0.901. The fraction of sp³-hybridized carbons (Fsp3) is 0.208. The Morgan fingerprint density at radius 1 is 0.903 bits per heavy atom. The molecule has 0 spiro atoms. The van der Waals surface area contributed by atoms with Crippen LogP contribution in [0.15, 0.2) is 77.5 Å². The number of carbonyl (C=O) groups excluding carboxylic acids is 1. The van der Waals surface area contributed by atoms with Crippen molar-refractivity contribution >= 4 is 22.8 Å². The molecule has 1 amide bonds. The van der Waals surface area contributed by atoms with Crippen LogP contribution in [0.25, 0.3) is 11.0 Å². The average Bonchev–Trinajstić information content (AvgIpc) is 3.22. The van der Waals surface area contributed by atoms with Crippen LogP contribution in [0.4, 0.5) is 5.95 Å². The second-order valence-corrected chi connectivity index (χ2v) is 7.34. The first-order valence-corrected chi connectivity index (χ1v) is 10.3. The molecule has 4 aromatic rings. The molecule has 1 fully saturated rings. The van der Waals surface area contributed by atoms with Crippen molar-refractivity contribution in [1.82, 2.24) is 14.9 Å². The summed E-state index contributed by atoms with van der Waals surface area (Å²) in [6.45, 7) is 2.76. The second-order valence-electron chi connectivity index (χ2n) is 7.34. The SMILES string of the molecule is O=C(c1oc2ccccc2c1COc1ccccc1)N1CCN(c2ncccn2)CC1. The molecule has 156 valence electrons. The van der Waals surface area contributed by atoms with Gasteiger partial charge < -0.3 is 19.0 Å². The lowest BCUT2D eigenvalue weighted by Gasteiger charge is -2.34. The molecule has 0 N–H and O–H groups in total. The topological polar surface area (TPSA) is 71.7 Å². The molecule has 2 aromatic carbocycles. The molecule has 0 saturated carbocycles. The normalized spacial score (nSPS) is 14.1. The lowest BCUT2D eigenvalue weighted by Crippen LogP contribution is -2.49. The number of benzene rings is 2. The molecular weight excluding hydrogens is 392 g/mol. The number of nitrogens with zero attached hydrogens (tertiary/aromatic N) is 4. The van der Waals surface area contributed by atoms with E-state index in [4.69, 9.17) is 9.15 Å². The number of aromatic nitrogens is 2. The first-order chi connectivity index (χ1) is 15.3. The number of piperazine rings is 1. The summed E-state index contributed by atoms with van der Waals surface area (Å²) >= 11 is 0. The quantitative estimate of drug-likeness (QED) is 0.495. The Labute approximate surface area is 179 Å². The van der Waals surface area contributed by atoms with Gasteiger partial charge in [-0.1, -0.05) is 36.4 Å². The van der Waals surface area contributed by atoms with E-state index in [1.54, 1.807) is 18.5 Å². The van der Waals surface area contributed by atoms with Crippen LogP contribution >= 0.6 is 0 Å². The van der Waals surface area contributed by atoms with Gasteiger partial charge in [0.1, 0.15) is 17.9 Å². The van der Waals surface area contributed by atoms with Gasteiger partial charge in [0.2, 0.25) is 5.95 Å². The molecule has 3 heterocycles. The number of ether oxygens (including phenoxy) is 1. The van der Waals surface area contributed by atoms with E-state index in [-0.39, 0.29) is 12.5 Å². The molecule has 1 aliphatic rings. The molecule has 0 aliphatic carbocycles. The molecule has 31 heavy (non-hydrogen) atoms. The maximum absolute atomic E-state index is 13.4. The van der Waals surface area contributed by atoms with Gasteiger partial charge in [-0.25, -0.2) is 9.97 Å². The predicted molar refractivity (Wildman–Crippen MR) is 117 cm³/mol. The highest BCUT2D eigenvalue weighted by Crippen LogP contribution is 2.28. The van der Waals surface area contributed by atoms with Gasteiger partial charge in [-0.15, -0.1) is 0 Å². The summed E-state index contributed by atoms with van der Waals surface area (Å²) < 4.78 is 12.0. The van der Waals surface area contributed by atoms with E-state index in [0.29, 0.717) is 43.5 Å². The monoisotopic (exact) mass is 414 g/mol. The Bertz CT molecular complexity index is 1170. The van der Waals surface area contributed by atoms with E-state index in [1.807, 2.05) is 59.5 Å². The van der Waals surface area contributed by atoms with Crippen molar-refractivity contribution < 1.29 is 13.9 Å². The first-order valence-electron chi connectivity index (χ1n) is 10.3. The van der Waals surface area contributed by atoms with Crippen LogP contribution in [0.2, 0.25) is 0 Å². The molecule has 7 heteroatoms. The number of carbonyl (C=O) groups is 1. The number of fused-ring (bicyclic) bond motifs is 1. The Morgan fingerprint density at radius 2 is 1.61 bits per heavy atom. The average molecular weight is 414 g/mol. The highest BCUT2D eigenvalue weighted by atomic mass is 16.5. The van der Waals surface area contributed by atoms with Gasteiger partial charge in [0.25, 0.3) is 5.91 Å². The molecule has 1 saturated heterocycles. The predicted octanol–water partition coefficient (Wildman–Crippen LogP) is 3.76. The zero-order valence-corrected chi connectivity index (χ0v) is 17.0. The van der Waals surface area contributed by atoms with Crippen LogP contribution in [-0.4, -0.2) is 47.0 Å². The molecule has 5 rings (SSSR count). The summed E-state index contributed by atoms with van der Waals surface area (Å²) in [6, 6.07) is 19.1. The van der Waals surface area contributed by atoms with E-state index < -0.39 is 0 Å². The highest BCUT2D eigenvalue weighted by molar-refractivity contribution is 5.99. The van der Waals surface area contributed by atoms with Crippen LogP contribution in [0, 0.1) is 0 Å². The molecule has 0 radical (unpaired) electrons. The number of furan rings is 1. The van der Waals surface area contributed by atoms with Crippen molar-refractivity contribution in [3.63, 3.8) is 0 Å². The molecule has 1 aliphatic heterocycles. The van der Waals surface area contributed by atoms with Crippen LogP contribution in [0.3, 0.4) is 0 Å². The third-order valence-corrected chi connectivity index (χ3v) is 5.42. The van der Waals surface area contributed by atoms with Crippen molar-refractivity contribution in [1.29, 1.82) is 0 Å². The van der Waals surface area contributed by atoms with Gasteiger partial charge in [-0.2, -0.15) is 0 Å². The number of amides is 1. The Hall–Kier alpha value is -3.87.